The van der Waals surface area contributed by atoms with Crippen molar-refractivity contribution in [3.8, 4) is 11.5 Å². The molecule has 4 nitrogen and oxygen atoms in total. The van der Waals surface area contributed by atoms with E-state index in [0.717, 1.165) is 11.0 Å². The summed E-state index contributed by atoms with van der Waals surface area (Å²) in [6.45, 7) is 10.2. The Morgan fingerprint density at radius 3 is 1.80 bits per heavy atom. The number of hydrogen-bond donors (Lipinski definition) is 0. The van der Waals surface area contributed by atoms with Crippen molar-refractivity contribution in [1.29, 1.82) is 0 Å². The lowest BCUT2D eigenvalue weighted by atomic mass is 9.76. The average Bonchev–Trinajstić information content (AvgIpc) is 2.57. The highest BCUT2D eigenvalue weighted by atomic mass is 16.7. The van der Waals surface area contributed by atoms with Gasteiger partial charge in [0.2, 0.25) is 0 Å². The van der Waals surface area contributed by atoms with Crippen molar-refractivity contribution in [2.75, 3.05) is 14.2 Å². The summed E-state index contributed by atoms with van der Waals surface area (Å²) in [6.07, 6.45) is 0. The maximum absolute atomic E-state index is 6.09. The topological polar surface area (TPSA) is 36.9 Å². The van der Waals surface area contributed by atoms with Gasteiger partial charge in [-0.25, -0.2) is 0 Å². The fourth-order valence-electron chi connectivity index (χ4n) is 2.22. The van der Waals surface area contributed by atoms with Crippen LogP contribution in [0.5, 0.6) is 11.5 Å². The molecule has 1 aliphatic heterocycles. The highest BCUT2D eigenvalue weighted by Gasteiger charge is 2.52. The van der Waals surface area contributed by atoms with Gasteiger partial charge in [-0.15, -0.1) is 0 Å². The Balaban J connectivity index is 2.40. The summed E-state index contributed by atoms with van der Waals surface area (Å²) in [4.78, 5) is 0. The van der Waals surface area contributed by atoms with Gasteiger partial charge in [0.05, 0.1) is 25.4 Å². The molecular weight excluding hydrogens is 255 g/mol. The third-order valence-corrected chi connectivity index (χ3v) is 4.28. The van der Waals surface area contributed by atoms with Crippen LogP contribution in [0, 0.1) is 6.92 Å². The van der Waals surface area contributed by atoms with Crippen LogP contribution in [0.4, 0.5) is 0 Å². The van der Waals surface area contributed by atoms with Gasteiger partial charge < -0.3 is 18.8 Å². The van der Waals surface area contributed by atoms with Crippen LogP contribution in [0.1, 0.15) is 33.3 Å². The summed E-state index contributed by atoms with van der Waals surface area (Å²) in [6, 6.07) is 3.87. The highest BCUT2D eigenvalue weighted by Crippen LogP contribution is 2.37. The second kappa shape index (κ2) is 4.97. The number of methoxy groups -OCH3 is 2. The van der Waals surface area contributed by atoms with Gasteiger partial charge in [0.1, 0.15) is 0 Å². The maximum Gasteiger partial charge on any atom is 0.495 e. The van der Waals surface area contributed by atoms with Crippen LogP contribution in [0.15, 0.2) is 12.1 Å². The van der Waals surface area contributed by atoms with E-state index in [2.05, 4.69) is 0 Å². The predicted molar refractivity (Wildman–Crippen MR) is 80.0 cm³/mol. The lowest BCUT2D eigenvalue weighted by molar-refractivity contribution is 0.00578. The fraction of sp³-hybridized carbons (Fsp3) is 0.600. The Bertz CT molecular complexity index is 495. The zero-order valence-corrected chi connectivity index (χ0v) is 13.4. The average molecular weight is 278 g/mol. The molecule has 5 heteroatoms. The number of benzene rings is 1. The second-order valence-corrected chi connectivity index (χ2v) is 6.15. The van der Waals surface area contributed by atoms with Crippen LogP contribution >= 0.6 is 0 Å². The van der Waals surface area contributed by atoms with E-state index in [9.17, 15) is 0 Å². The highest BCUT2D eigenvalue weighted by molar-refractivity contribution is 6.62. The first-order valence-electron chi connectivity index (χ1n) is 6.80. The normalized spacial score (nSPS) is 20.1. The molecule has 0 amide bonds. The van der Waals surface area contributed by atoms with Gasteiger partial charge in [0, 0.05) is 0 Å². The largest absolute Gasteiger partial charge is 0.495 e. The Morgan fingerprint density at radius 1 is 0.900 bits per heavy atom. The van der Waals surface area contributed by atoms with E-state index < -0.39 is 0 Å². The molecule has 0 aromatic heterocycles. The van der Waals surface area contributed by atoms with E-state index in [1.165, 1.54) is 0 Å². The molecule has 1 saturated heterocycles. The first-order valence-corrected chi connectivity index (χ1v) is 6.80. The molecule has 1 aromatic rings. The van der Waals surface area contributed by atoms with E-state index in [1.807, 2.05) is 46.8 Å². The summed E-state index contributed by atoms with van der Waals surface area (Å²) in [5, 5.41) is 0. The first kappa shape index (κ1) is 15.2. The van der Waals surface area contributed by atoms with Crippen LogP contribution in [-0.2, 0) is 9.31 Å². The molecule has 0 radical (unpaired) electrons. The van der Waals surface area contributed by atoms with Gasteiger partial charge in [-0.3, -0.25) is 0 Å². The molecule has 0 atom stereocenters. The number of rotatable bonds is 3. The Kier molecular flexibility index (Phi) is 3.78. The van der Waals surface area contributed by atoms with Gasteiger partial charge in [-0.05, 0) is 57.8 Å². The summed E-state index contributed by atoms with van der Waals surface area (Å²) in [5.41, 5.74) is 1.33. The molecule has 110 valence electrons. The zero-order valence-electron chi connectivity index (χ0n) is 13.4. The van der Waals surface area contributed by atoms with Gasteiger partial charge in [0.25, 0.3) is 0 Å². The molecule has 20 heavy (non-hydrogen) atoms. The molecule has 2 rings (SSSR count). The summed E-state index contributed by atoms with van der Waals surface area (Å²) < 4.78 is 22.8. The first-order chi connectivity index (χ1) is 9.21. The second-order valence-electron chi connectivity index (χ2n) is 6.15. The van der Waals surface area contributed by atoms with E-state index in [1.54, 1.807) is 14.2 Å². The monoisotopic (exact) mass is 278 g/mol. The fourth-order valence-corrected chi connectivity index (χ4v) is 2.22. The van der Waals surface area contributed by atoms with E-state index in [4.69, 9.17) is 18.8 Å². The van der Waals surface area contributed by atoms with Crippen LogP contribution in [-0.4, -0.2) is 32.5 Å². The smallest absolute Gasteiger partial charge is 0.493 e. The van der Waals surface area contributed by atoms with E-state index in [0.29, 0.717) is 11.5 Å². The van der Waals surface area contributed by atoms with Crippen molar-refractivity contribution in [3.63, 3.8) is 0 Å². The summed E-state index contributed by atoms with van der Waals surface area (Å²) in [7, 11) is 2.87. The van der Waals surface area contributed by atoms with Crippen LogP contribution < -0.4 is 14.9 Å². The maximum atomic E-state index is 6.09. The molecule has 0 bridgehead atoms. The zero-order chi connectivity index (χ0) is 15.1. The molecule has 0 aliphatic carbocycles. The lowest BCUT2D eigenvalue weighted by Gasteiger charge is -2.32. The van der Waals surface area contributed by atoms with Gasteiger partial charge in [-0.1, -0.05) is 0 Å². The van der Waals surface area contributed by atoms with Crippen molar-refractivity contribution in [2.45, 2.75) is 45.8 Å². The molecule has 0 spiro atoms. The van der Waals surface area contributed by atoms with Gasteiger partial charge in [-0.2, -0.15) is 0 Å². The van der Waals surface area contributed by atoms with Crippen LogP contribution in [0.25, 0.3) is 0 Å². The molecule has 0 unspecified atom stereocenters. The van der Waals surface area contributed by atoms with Crippen molar-refractivity contribution in [3.05, 3.63) is 17.7 Å². The third-order valence-electron chi connectivity index (χ3n) is 4.28. The minimum Gasteiger partial charge on any atom is -0.493 e. The van der Waals surface area contributed by atoms with Crippen LogP contribution in [0.2, 0.25) is 0 Å². The Hall–Kier alpha value is -1.20. The van der Waals surface area contributed by atoms with Crippen molar-refractivity contribution in [2.24, 2.45) is 0 Å². The quantitative estimate of drug-likeness (QED) is 0.795. The Morgan fingerprint density at radius 2 is 1.35 bits per heavy atom. The minimum atomic E-state index is -0.389. The van der Waals surface area contributed by atoms with Crippen molar-refractivity contribution >= 4 is 12.6 Å². The SMILES string of the molecule is COc1cc(C)c(B2OC(C)(C)C(C)(C)O2)cc1OC. The molecule has 0 saturated carbocycles. The molecule has 1 fully saturated rings. The minimum absolute atomic E-state index is 0.350. The number of ether oxygens (including phenoxy) is 2. The van der Waals surface area contributed by atoms with Crippen molar-refractivity contribution in [1.82, 2.24) is 0 Å². The molecule has 1 heterocycles. The van der Waals surface area contributed by atoms with E-state index in [-0.39, 0.29) is 18.3 Å². The van der Waals surface area contributed by atoms with Gasteiger partial charge >= 0.3 is 7.12 Å². The van der Waals surface area contributed by atoms with Crippen LogP contribution in [0.3, 0.4) is 0 Å². The number of aryl methyl sites for hydroxylation is 1. The van der Waals surface area contributed by atoms with Crippen molar-refractivity contribution < 1.29 is 18.8 Å². The third kappa shape index (κ3) is 2.40. The van der Waals surface area contributed by atoms with E-state index >= 15 is 0 Å². The lowest BCUT2D eigenvalue weighted by Crippen LogP contribution is -2.41. The Labute approximate surface area is 121 Å². The standard InChI is InChI=1S/C15H23BO4/c1-10-8-12(17-6)13(18-7)9-11(10)16-19-14(2,3)15(4,5)20-16/h8-9H,1-7H3. The number of hydrogen-bond acceptors (Lipinski definition) is 4. The summed E-state index contributed by atoms with van der Waals surface area (Å²) in [5.74, 6) is 1.40. The molecule has 0 N–H and O–H groups in total. The predicted octanol–water partition coefficient (Wildman–Crippen LogP) is 2.31. The molecular formula is C15H23BO4. The molecule has 1 aromatic carbocycles. The molecule has 1 aliphatic rings. The summed E-state index contributed by atoms with van der Waals surface area (Å²) >= 11 is 0. The van der Waals surface area contributed by atoms with Gasteiger partial charge in [0.15, 0.2) is 11.5 Å².